The summed E-state index contributed by atoms with van der Waals surface area (Å²) in [6, 6.07) is 7.40. The lowest BCUT2D eigenvalue weighted by molar-refractivity contribution is 0.424. The number of halogens is 1. The SMILES string of the molecule is CC1CSCCN1c1ccc(CNC(C)(C)C)c(Br)c1. The van der Waals surface area contributed by atoms with Crippen molar-refractivity contribution >= 4 is 33.4 Å². The summed E-state index contributed by atoms with van der Waals surface area (Å²) >= 11 is 5.79. The summed E-state index contributed by atoms with van der Waals surface area (Å²) in [6.45, 7) is 11.0. The zero-order chi connectivity index (χ0) is 14.8. The van der Waals surface area contributed by atoms with Gasteiger partial charge in [-0.2, -0.15) is 11.8 Å². The minimum Gasteiger partial charge on any atom is -0.367 e. The van der Waals surface area contributed by atoms with Crippen molar-refractivity contribution in [3.63, 3.8) is 0 Å². The van der Waals surface area contributed by atoms with Gasteiger partial charge >= 0.3 is 0 Å². The van der Waals surface area contributed by atoms with Gasteiger partial charge in [-0.25, -0.2) is 0 Å². The predicted molar refractivity (Wildman–Crippen MR) is 94.9 cm³/mol. The van der Waals surface area contributed by atoms with Crippen molar-refractivity contribution in [2.45, 2.75) is 45.8 Å². The molecule has 20 heavy (non-hydrogen) atoms. The quantitative estimate of drug-likeness (QED) is 0.869. The van der Waals surface area contributed by atoms with E-state index in [4.69, 9.17) is 0 Å². The average Bonchev–Trinajstić information content (AvgIpc) is 2.37. The molecule has 112 valence electrons. The van der Waals surface area contributed by atoms with Crippen molar-refractivity contribution in [2.75, 3.05) is 23.0 Å². The molecule has 1 aliphatic rings. The summed E-state index contributed by atoms with van der Waals surface area (Å²) in [6.07, 6.45) is 0. The first-order valence-electron chi connectivity index (χ1n) is 7.25. The van der Waals surface area contributed by atoms with Crippen LogP contribution in [0.25, 0.3) is 0 Å². The normalized spacial score (nSPS) is 20.2. The van der Waals surface area contributed by atoms with Crippen LogP contribution in [0.4, 0.5) is 5.69 Å². The number of anilines is 1. The first-order valence-corrected chi connectivity index (χ1v) is 9.19. The van der Waals surface area contributed by atoms with Crippen molar-refractivity contribution in [3.05, 3.63) is 28.2 Å². The molecule has 1 saturated heterocycles. The van der Waals surface area contributed by atoms with Gasteiger partial charge in [0.25, 0.3) is 0 Å². The molecule has 1 atom stereocenters. The Balaban J connectivity index is 2.09. The topological polar surface area (TPSA) is 15.3 Å². The maximum Gasteiger partial charge on any atom is 0.0380 e. The summed E-state index contributed by atoms with van der Waals surface area (Å²) in [5.74, 6) is 2.46. The minimum absolute atomic E-state index is 0.150. The van der Waals surface area contributed by atoms with Gasteiger partial charge in [0.1, 0.15) is 0 Å². The first-order chi connectivity index (χ1) is 9.37. The lowest BCUT2D eigenvalue weighted by Gasteiger charge is -2.35. The molecule has 0 amide bonds. The number of nitrogens with one attached hydrogen (secondary N) is 1. The fraction of sp³-hybridized carbons (Fsp3) is 0.625. The van der Waals surface area contributed by atoms with E-state index in [2.05, 4.69) is 83.8 Å². The summed E-state index contributed by atoms with van der Waals surface area (Å²) in [4.78, 5) is 2.52. The van der Waals surface area contributed by atoms with Gasteiger partial charge in [-0.05, 0) is 45.4 Å². The molecule has 2 nitrogen and oxygen atoms in total. The van der Waals surface area contributed by atoms with Crippen LogP contribution >= 0.6 is 27.7 Å². The van der Waals surface area contributed by atoms with Gasteiger partial charge in [-0.3, -0.25) is 0 Å². The average molecular weight is 357 g/mol. The molecule has 1 aliphatic heterocycles. The largest absolute Gasteiger partial charge is 0.367 e. The molecular weight excluding hydrogens is 332 g/mol. The highest BCUT2D eigenvalue weighted by Gasteiger charge is 2.19. The van der Waals surface area contributed by atoms with E-state index in [-0.39, 0.29) is 5.54 Å². The fourth-order valence-electron chi connectivity index (χ4n) is 2.33. The molecule has 1 unspecified atom stereocenters. The summed E-state index contributed by atoms with van der Waals surface area (Å²) in [5.41, 5.74) is 2.81. The molecule has 1 aromatic rings. The van der Waals surface area contributed by atoms with Crippen LogP contribution in [0.2, 0.25) is 0 Å². The molecule has 1 N–H and O–H groups in total. The third-order valence-corrected chi connectivity index (χ3v) is 5.47. The van der Waals surface area contributed by atoms with E-state index in [1.807, 2.05) is 0 Å². The van der Waals surface area contributed by atoms with Crippen LogP contribution in [0.15, 0.2) is 22.7 Å². The van der Waals surface area contributed by atoms with Crippen molar-refractivity contribution in [2.24, 2.45) is 0 Å². The second-order valence-corrected chi connectivity index (χ2v) is 8.50. The van der Waals surface area contributed by atoms with Crippen molar-refractivity contribution < 1.29 is 0 Å². The number of hydrogen-bond donors (Lipinski definition) is 1. The predicted octanol–water partition coefficient (Wildman–Crippen LogP) is 4.28. The molecular formula is C16H25BrN2S. The second kappa shape index (κ2) is 6.71. The summed E-state index contributed by atoms with van der Waals surface area (Å²) < 4.78 is 1.21. The molecule has 1 heterocycles. The highest BCUT2D eigenvalue weighted by molar-refractivity contribution is 9.10. The number of hydrogen-bond acceptors (Lipinski definition) is 3. The lowest BCUT2D eigenvalue weighted by atomic mass is 10.1. The Kier molecular flexibility index (Phi) is 5.43. The van der Waals surface area contributed by atoms with Gasteiger partial charge in [-0.15, -0.1) is 0 Å². The molecule has 0 saturated carbocycles. The van der Waals surface area contributed by atoms with Crippen molar-refractivity contribution in [1.82, 2.24) is 5.32 Å². The van der Waals surface area contributed by atoms with Crippen molar-refractivity contribution in [1.29, 1.82) is 0 Å². The van der Waals surface area contributed by atoms with Crippen LogP contribution < -0.4 is 10.2 Å². The Morgan fingerprint density at radius 3 is 2.75 bits per heavy atom. The van der Waals surface area contributed by atoms with E-state index in [9.17, 15) is 0 Å². The Morgan fingerprint density at radius 1 is 1.40 bits per heavy atom. The lowest BCUT2D eigenvalue weighted by Crippen LogP contribution is -2.40. The first kappa shape index (κ1) is 16.2. The minimum atomic E-state index is 0.150. The molecule has 0 aromatic heterocycles. The van der Waals surface area contributed by atoms with E-state index >= 15 is 0 Å². The van der Waals surface area contributed by atoms with E-state index < -0.39 is 0 Å². The van der Waals surface area contributed by atoms with Crippen molar-refractivity contribution in [3.8, 4) is 0 Å². The smallest absolute Gasteiger partial charge is 0.0380 e. The van der Waals surface area contributed by atoms with E-state index in [1.54, 1.807) is 0 Å². The van der Waals surface area contributed by atoms with E-state index in [1.165, 1.54) is 27.2 Å². The highest BCUT2D eigenvalue weighted by atomic mass is 79.9. The Hall–Kier alpha value is -0.190. The van der Waals surface area contributed by atoms with Gasteiger partial charge in [-0.1, -0.05) is 22.0 Å². The number of rotatable bonds is 3. The molecule has 4 heteroatoms. The Bertz CT molecular complexity index is 456. The van der Waals surface area contributed by atoms with Crippen LogP contribution in [0.5, 0.6) is 0 Å². The molecule has 0 radical (unpaired) electrons. The maximum atomic E-state index is 3.73. The van der Waals surface area contributed by atoms with Crippen LogP contribution in [-0.4, -0.2) is 29.6 Å². The Morgan fingerprint density at radius 2 is 2.15 bits per heavy atom. The van der Waals surface area contributed by atoms with Crippen LogP contribution in [-0.2, 0) is 6.54 Å². The van der Waals surface area contributed by atoms with Crippen LogP contribution in [0, 0.1) is 0 Å². The molecule has 1 fully saturated rings. The second-order valence-electron chi connectivity index (χ2n) is 6.50. The Labute approximate surface area is 135 Å². The van der Waals surface area contributed by atoms with E-state index in [0.29, 0.717) is 6.04 Å². The van der Waals surface area contributed by atoms with E-state index in [0.717, 1.165) is 13.1 Å². The molecule has 0 aliphatic carbocycles. The molecule has 0 spiro atoms. The van der Waals surface area contributed by atoms with Gasteiger partial charge in [0, 0.05) is 46.3 Å². The third kappa shape index (κ3) is 4.40. The van der Waals surface area contributed by atoms with Crippen LogP contribution in [0.1, 0.15) is 33.3 Å². The number of nitrogens with zero attached hydrogens (tertiary/aromatic N) is 1. The third-order valence-electron chi connectivity index (χ3n) is 3.55. The molecule has 0 bridgehead atoms. The zero-order valence-corrected chi connectivity index (χ0v) is 15.3. The van der Waals surface area contributed by atoms with Gasteiger partial charge in [0.05, 0.1) is 0 Å². The highest BCUT2D eigenvalue weighted by Crippen LogP contribution is 2.28. The summed E-state index contributed by atoms with van der Waals surface area (Å²) in [5, 5.41) is 3.54. The summed E-state index contributed by atoms with van der Waals surface area (Å²) in [7, 11) is 0. The zero-order valence-electron chi connectivity index (χ0n) is 12.9. The van der Waals surface area contributed by atoms with Gasteiger partial charge < -0.3 is 10.2 Å². The monoisotopic (exact) mass is 356 g/mol. The van der Waals surface area contributed by atoms with Crippen LogP contribution in [0.3, 0.4) is 0 Å². The maximum absolute atomic E-state index is 3.73. The van der Waals surface area contributed by atoms with Gasteiger partial charge in [0.15, 0.2) is 0 Å². The number of benzene rings is 1. The number of thioether (sulfide) groups is 1. The standard InChI is InChI=1S/C16H25BrN2S/c1-12-11-20-8-7-19(12)14-6-5-13(15(17)9-14)10-18-16(2,3)4/h5-6,9,12,18H,7-8,10-11H2,1-4H3. The molecule has 1 aromatic carbocycles. The molecule has 2 rings (SSSR count). The van der Waals surface area contributed by atoms with Gasteiger partial charge in [0.2, 0.25) is 0 Å². The fourth-order valence-corrected chi connectivity index (χ4v) is 3.85.